The molecule has 46 heavy (non-hydrogen) atoms. The molecule has 0 aromatic heterocycles. The number of rotatable bonds is 10. The Bertz CT molecular complexity index is 1650. The van der Waals surface area contributed by atoms with Crippen LogP contribution in [0.15, 0.2) is 72.8 Å². The quantitative estimate of drug-likeness (QED) is 0.238. The van der Waals surface area contributed by atoms with Gasteiger partial charge in [0.2, 0.25) is 11.8 Å². The summed E-state index contributed by atoms with van der Waals surface area (Å²) in [5, 5.41) is 10.2. The number of amides is 3. The summed E-state index contributed by atoms with van der Waals surface area (Å²) < 4.78 is 6.84. The summed E-state index contributed by atoms with van der Waals surface area (Å²) in [6, 6.07) is 22.5. The second-order valence-corrected chi connectivity index (χ2v) is 17.5. The van der Waals surface area contributed by atoms with Crippen LogP contribution in [0.5, 0.6) is 0 Å². The van der Waals surface area contributed by atoms with Crippen molar-refractivity contribution in [3.63, 3.8) is 0 Å². The van der Waals surface area contributed by atoms with Gasteiger partial charge < -0.3 is 29.3 Å². The number of hydrogen-bond acceptors (Lipinski definition) is 6. The summed E-state index contributed by atoms with van der Waals surface area (Å²) in [6.45, 7) is 6.77. The maximum Gasteiger partial charge on any atom is 0.264 e. The Morgan fingerprint density at radius 3 is 2.46 bits per heavy atom. The molecule has 2 fully saturated rings. The van der Waals surface area contributed by atoms with Crippen LogP contribution in [0.3, 0.4) is 0 Å². The monoisotopic (exact) mass is 661 g/mol. The first-order valence-electron chi connectivity index (χ1n) is 15.8. The van der Waals surface area contributed by atoms with Gasteiger partial charge in [0.05, 0.1) is 31.4 Å². The topological polar surface area (TPSA) is 111 Å². The molecule has 3 heterocycles. The van der Waals surface area contributed by atoms with E-state index >= 15 is 0 Å². The number of aliphatic hydroxyl groups is 1. The molecule has 3 aliphatic rings. The molecule has 1 spiro atoms. The maximum absolute atomic E-state index is 14.7. The van der Waals surface area contributed by atoms with Crippen molar-refractivity contribution in [3.8, 4) is 0 Å². The van der Waals surface area contributed by atoms with Gasteiger partial charge in [-0.05, 0) is 54.6 Å². The molecule has 9 nitrogen and oxygen atoms in total. The van der Waals surface area contributed by atoms with Crippen molar-refractivity contribution >= 4 is 49.0 Å². The van der Waals surface area contributed by atoms with Crippen LogP contribution in [0, 0.1) is 5.92 Å². The highest BCUT2D eigenvalue weighted by Crippen LogP contribution is 2.60. The van der Waals surface area contributed by atoms with Crippen LogP contribution in [0.25, 0.3) is 0 Å². The number of carbonyl (C=O) groups is 3. The fraction of sp³-hybridized carbons (Fsp3) is 0.400. The van der Waals surface area contributed by atoms with Gasteiger partial charge in [-0.2, -0.15) is 0 Å². The second kappa shape index (κ2) is 12.6. The Balaban J connectivity index is 1.33. The van der Waals surface area contributed by atoms with Crippen molar-refractivity contribution in [1.29, 1.82) is 0 Å². The van der Waals surface area contributed by atoms with Crippen molar-refractivity contribution in [2.24, 2.45) is 5.92 Å². The fourth-order valence-corrected chi connectivity index (χ4v) is 10.2. The Labute approximate surface area is 275 Å². The summed E-state index contributed by atoms with van der Waals surface area (Å²) in [6.07, 6.45) is -0.252. The van der Waals surface area contributed by atoms with Gasteiger partial charge in [0.25, 0.3) is 5.91 Å². The first-order chi connectivity index (χ1) is 21.9. The summed E-state index contributed by atoms with van der Waals surface area (Å²) in [7, 11) is -3.01. The number of anilines is 2. The Morgan fingerprint density at radius 1 is 1.07 bits per heavy atom. The van der Waals surface area contributed by atoms with Gasteiger partial charge >= 0.3 is 0 Å². The van der Waals surface area contributed by atoms with Gasteiger partial charge in [0, 0.05) is 53.8 Å². The molecule has 11 heteroatoms. The molecule has 3 aliphatic heterocycles. The molecule has 242 valence electrons. The number of ether oxygens (including phenoxy) is 1. The highest BCUT2D eigenvalue weighted by atomic mass is 35.5. The van der Waals surface area contributed by atoms with Crippen LogP contribution in [0.2, 0.25) is 23.7 Å². The molecule has 3 amide bonds. The first-order valence-corrected chi connectivity index (χ1v) is 19.2. The van der Waals surface area contributed by atoms with E-state index in [1.54, 1.807) is 26.8 Å². The number of β-lactam (4-membered cyclic amide) rings is 1. The molecular formula is C35H40ClN3O6Si. The standard InChI is InChI=1S/C35H40ClN3O6Si/c1-23-33(46(2,3)44)30(20-32(42)37(16-17-40)21-24-8-5-4-6-9-24)45-35(23)28-19-26(36)12-13-29(28)39(34(35)43)22-25-10-7-11-27(18-25)38-15-14-31(38)41/h4-13,18-19,23,30,33,40,44H,14-17,20-22H2,1-3H3/t23-,30+,33-,35+/m0/s1. The number of benzene rings is 3. The average molecular weight is 662 g/mol. The second-order valence-electron chi connectivity index (χ2n) is 13.1. The normalized spacial score (nSPS) is 24.0. The van der Waals surface area contributed by atoms with Crippen LogP contribution in [-0.4, -0.2) is 66.6 Å². The summed E-state index contributed by atoms with van der Waals surface area (Å²) in [5.74, 6) is -0.874. The Morgan fingerprint density at radius 2 is 1.80 bits per heavy atom. The largest absolute Gasteiger partial charge is 0.432 e. The first kappa shape index (κ1) is 32.4. The molecule has 4 atom stereocenters. The van der Waals surface area contributed by atoms with Crippen LogP contribution in [0.4, 0.5) is 11.4 Å². The molecule has 0 radical (unpaired) electrons. The van der Waals surface area contributed by atoms with E-state index in [1.807, 2.05) is 80.7 Å². The fourth-order valence-electron chi connectivity index (χ4n) is 7.52. The SMILES string of the molecule is C[C@H]1[C@H]([Si](C)(C)O)[C@@H](CC(=O)N(CCO)Cc2ccccc2)O[C@]12C(=O)N(Cc1cccc(N3CCC3=O)c1)c1ccc(Cl)cc12. The molecule has 2 N–H and O–H groups in total. The zero-order valence-corrected chi connectivity index (χ0v) is 28.1. The summed E-state index contributed by atoms with van der Waals surface area (Å²) in [4.78, 5) is 57.3. The number of halogens is 1. The van der Waals surface area contributed by atoms with E-state index in [0.29, 0.717) is 35.8 Å². The lowest BCUT2D eigenvalue weighted by molar-refractivity contribution is -0.150. The molecule has 3 aromatic rings. The third-order valence-corrected chi connectivity index (χ3v) is 12.4. The van der Waals surface area contributed by atoms with E-state index in [0.717, 1.165) is 16.8 Å². The molecule has 0 aliphatic carbocycles. The van der Waals surface area contributed by atoms with E-state index < -0.39 is 31.5 Å². The minimum atomic E-state index is -3.01. The van der Waals surface area contributed by atoms with Crippen molar-refractivity contribution in [3.05, 3.63) is 94.5 Å². The van der Waals surface area contributed by atoms with Gasteiger partial charge in [0.1, 0.15) is 0 Å². The minimum absolute atomic E-state index is 0.0460. The van der Waals surface area contributed by atoms with Crippen LogP contribution >= 0.6 is 11.6 Å². The Kier molecular flexibility index (Phi) is 8.86. The van der Waals surface area contributed by atoms with E-state index in [4.69, 9.17) is 16.3 Å². The lowest BCUT2D eigenvalue weighted by Crippen LogP contribution is -2.46. The smallest absolute Gasteiger partial charge is 0.264 e. The van der Waals surface area contributed by atoms with Crippen LogP contribution < -0.4 is 9.80 Å². The highest BCUT2D eigenvalue weighted by Gasteiger charge is 2.66. The zero-order valence-electron chi connectivity index (χ0n) is 26.4. The summed E-state index contributed by atoms with van der Waals surface area (Å²) >= 11 is 6.53. The molecular weight excluding hydrogens is 622 g/mol. The van der Waals surface area contributed by atoms with E-state index in [-0.39, 0.29) is 43.8 Å². The molecule has 6 rings (SSSR count). The zero-order chi connectivity index (χ0) is 32.8. The minimum Gasteiger partial charge on any atom is -0.432 e. The third-order valence-electron chi connectivity index (χ3n) is 9.67. The number of aliphatic hydroxyl groups excluding tert-OH is 1. The van der Waals surface area contributed by atoms with Gasteiger partial charge in [0.15, 0.2) is 13.9 Å². The van der Waals surface area contributed by atoms with Crippen LogP contribution in [0.1, 0.15) is 36.5 Å². The van der Waals surface area contributed by atoms with Crippen molar-refractivity contribution in [2.45, 2.75) is 63.2 Å². The third kappa shape index (κ3) is 5.77. The van der Waals surface area contributed by atoms with Gasteiger partial charge in [-0.1, -0.05) is 61.0 Å². The average Bonchev–Trinajstić information content (AvgIpc) is 3.43. The van der Waals surface area contributed by atoms with Crippen LogP contribution in [-0.2, 0) is 37.8 Å². The van der Waals surface area contributed by atoms with Crippen molar-refractivity contribution < 1.29 is 29.0 Å². The van der Waals surface area contributed by atoms with E-state index in [1.165, 1.54) is 0 Å². The molecule has 3 aromatic carbocycles. The summed E-state index contributed by atoms with van der Waals surface area (Å²) in [5.41, 5.74) is 1.99. The number of hydrogen-bond donors (Lipinski definition) is 2. The highest BCUT2D eigenvalue weighted by molar-refractivity contribution is 6.71. The predicted molar refractivity (Wildman–Crippen MR) is 179 cm³/mol. The van der Waals surface area contributed by atoms with E-state index in [9.17, 15) is 24.3 Å². The number of carbonyl (C=O) groups excluding carboxylic acids is 3. The molecule has 0 unspecified atom stereocenters. The van der Waals surface area contributed by atoms with Gasteiger partial charge in [-0.15, -0.1) is 0 Å². The lowest BCUT2D eigenvalue weighted by atomic mass is 9.82. The predicted octanol–water partition coefficient (Wildman–Crippen LogP) is 4.83. The van der Waals surface area contributed by atoms with Gasteiger partial charge in [-0.3, -0.25) is 14.4 Å². The van der Waals surface area contributed by atoms with Crippen molar-refractivity contribution in [1.82, 2.24) is 4.90 Å². The Hall–Kier alpha value is -3.54. The van der Waals surface area contributed by atoms with Gasteiger partial charge in [-0.25, -0.2) is 0 Å². The molecule has 0 saturated carbocycles. The maximum atomic E-state index is 14.7. The van der Waals surface area contributed by atoms with Crippen molar-refractivity contribution in [2.75, 3.05) is 29.5 Å². The lowest BCUT2D eigenvalue weighted by Gasteiger charge is -2.33. The number of fused-ring (bicyclic) bond motifs is 2. The molecule has 2 saturated heterocycles. The number of nitrogens with zero attached hydrogens (tertiary/aromatic N) is 3. The molecule has 0 bridgehead atoms. The van der Waals surface area contributed by atoms with E-state index in [2.05, 4.69) is 0 Å².